The normalized spacial score (nSPS) is 10.8. The van der Waals surface area contributed by atoms with Crippen LogP contribution in [0, 0.1) is 0 Å². The van der Waals surface area contributed by atoms with Crippen molar-refractivity contribution in [2.45, 2.75) is 33.1 Å². The third kappa shape index (κ3) is 6.17. The van der Waals surface area contributed by atoms with Crippen LogP contribution in [0.4, 0.5) is 5.69 Å². The lowest BCUT2D eigenvalue weighted by Crippen LogP contribution is -2.35. The van der Waals surface area contributed by atoms with Crippen LogP contribution in [0.2, 0.25) is 0 Å². The Bertz CT molecular complexity index is 407. The molecule has 0 fully saturated rings. The molecule has 0 saturated heterocycles. The van der Waals surface area contributed by atoms with Crippen molar-refractivity contribution >= 4 is 11.6 Å². The molecule has 2 N–H and O–H groups in total. The monoisotopic (exact) mass is 278 g/mol. The highest BCUT2D eigenvalue weighted by Gasteiger charge is 2.10. The van der Waals surface area contributed by atoms with Crippen LogP contribution in [0.15, 0.2) is 24.3 Å². The highest BCUT2D eigenvalue weighted by atomic mass is 16.3. The molecule has 0 saturated carbocycles. The molecule has 0 unspecified atom stereocenters. The van der Waals surface area contributed by atoms with Crippen molar-refractivity contribution < 1.29 is 9.90 Å². The summed E-state index contributed by atoms with van der Waals surface area (Å²) in [6.45, 7) is 6.02. The van der Waals surface area contributed by atoms with E-state index >= 15 is 0 Å². The lowest BCUT2D eigenvalue weighted by atomic mass is 10.1. The molecular formula is C16H26N2O2. The summed E-state index contributed by atoms with van der Waals surface area (Å²) in [6, 6.07) is 7.91. The molecule has 4 nitrogen and oxygen atoms in total. The highest BCUT2D eigenvalue weighted by Crippen LogP contribution is 2.11. The summed E-state index contributed by atoms with van der Waals surface area (Å²) in [7, 11) is 0. The van der Waals surface area contributed by atoms with E-state index in [0.717, 1.165) is 31.5 Å². The van der Waals surface area contributed by atoms with Crippen LogP contribution < -0.4 is 5.32 Å². The van der Waals surface area contributed by atoms with Gasteiger partial charge in [-0.3, -0.25) is 9.69 Å². The Kier molecular flexibility index (Phi) is 7.92. The average molecular weight is 278 g/mol. The Morgan fingerprint density at radius 2 is 2.10 bits per heavy atom. The average Bonchev–Trinajstić information content (AvgIpc) is 2.45. The van der Waals surface area contributed by atoms with Crippen molar-refractivity contribution in [1.82, 2.24) is 4.90 Å². The molecule has 0 spiro atoms. The molecule has 0 aliphatic carbocycles. The molecule has 0 aromatic heterocycles. The molecule has 0 radical (unpaired) electrons. The minimum Gasteiger partial charge on any atom is -0.395 e. The number of carbonyl (C=O) groups is 1. The number of nitrogens with zero attached hydrogens (tertiary/aromatic N) is 1. The molecule has 0 aliphatic heterocycles. The second kappa shape index (κ2) is 9.50. The van der Waals surface area contributed by atoms with Crippen LogP contribution in [0.1, 0.15) is 32.3 Å². The first-order valence-corrected chi connectivity index (χ1v) is 7.41. The van der Waals surface area contributed by atoms with Gasteiger partial charge in [-0.1, -0.05) is 32.4 Å². The lowest BCUT2D eigenvalue weighted by Gasteiger charge is -2.20. The van der Waals surface area contributed by atoms with E-state index in [0.29, 0.717) is 13.1 Å². The maximum Gasteiger partial charge on any atom is 0.238 e. The number of rotatable bonds is 9. The van der Waals surface area contributed by atoms with Gasteiger partial charge < -0.3 is 10.4 Å². The fraction of sp³-hybridized carbons (Fsp3) is 0.562. The standard InChI is InChI=1S/C16H26N2O2/c1-3-5-9-18(10-11-19)13-16(20)17-15-8-6-7-14(4-2)12-15/h6-8,12,19H,3-5,9-11,13H2,1-2H3,(H,17,20). The van der Waals surface area contributed by atoms with Crippen molar-refractivity contribution in [2.24, 2.45) is 0 Å². The Labute approximate surface area is 121 Å². The number of aliphatic hydroxyl groups is 1. The summed E-state index contributed by atoms with van der Waals surface area (Å²) in [4.78, 5) is 14.0. The molecule has 1 aromatic carbocycles. The number of nitrogens with one attached hydrogen (secondary N) is 1. The molecule has 0 atom stereocenters. The second-order valence-electron chi connectivity index (χ2n) is 4.96. The topological polar surface area (TPSA) is 52.6 Å². The third-order valence-corrected chi connectivity index (χ3v) is 3.23. The molecule has 1 amide bonds. The number of carbonyl (C=O) groups excluding carboxylic acids is 1. The zero-order valence-corrected chi connectivity index (χ0v) is 12.6. The van der Waals surface area contributed by atoms with Gasteiger partial charge in [-0.15, -0.1) is 0 Å². The molecular weight excluding hydrogens is 252 g/mol. The van der Waals surface area contributed by atoms with Crippen LogP contribution in [-0.4, -0.2) is 42.2 Å². The van der Waals surface area contributed by atoms with E-state index < -0.39 is 0 Å². The van der Waals surface area contributed by atoms with Gasteiger partial charge in [0.05, 0.1) is 13.2 Å². The van der Waals surface area contributed by atoms with Gasteiger partial charge in [-0.05, 0) is 37.1 Å². The smallest absolute Gasteiger partial charge is 0.238 e. The van der Waals surface area contributed by atoms with Crippen LogP contribution >= 0.6 is 0 Å². The Hall–Kier alpha value is -1.39. The number of aliphatic hydroxyl groups excluding tert-OH is 1. The largest absolute Gasteiger partial charge is 0.395 e. The summed E-state index contributed by atoms with van der Waals surface area (Å²) in [6.07, 6.45) is 3.08. The van der Waals surface area contributed by atoms with Gasteiger partial charge in [0.1, 0.15) is 0 Å². The van der Waals surface area contributed by atoms with Crippen molar-refractivity contribution in [3.8, 4) is 0 Å². The first kappa shape index (κ1) is 16.7. The number of anilines is 1. The van der Waals surface area contributed by atoms with Crippen LogP contribution in [-0.2, 0) is 11.2 Å². The van der Waals surface area contributed by atoms with E-state index in [4.69, 9.17) is 5.11 Å². The van der Waals surface area contributed by atoms with Crippen molar-refractivity contribution in [1.29, 1.82) is 0 Å². The van der Waals surface area contributed by atoms with Gasteiger partial charge in [-0.2, -0.15) is 0 Å². The first-order valence-electron chi connectivity index (χ1n) is 7.41. The number of hydrogen-bond donors (Lipinski definition) is 2. The molecule has 0 bridgehead atoms. The van der Waals surface area contributed by atoms with Gasteiger partial charge in [-0.25, -0.2) is 0 Å². The second-order valence-corrected chi connectivity index (χ2v) is 4.96. The molecule has 1 aromatic rings. The van der Waals surface area contributed by atoms with Crippen LogP contribution in [0.3, 0.4) is 0 Å². The number of aryl methyl sites for hydroxylation is 1. The molecule has 112 valence electrons. The number of amides is 1. The Morgan fingerprint density at radius 1 is 1.30 bits per heavy atom. The van der Waals surface area contributed by atoms with Gasteiger partial charge >= 0.3 is 0 Å². The van der Waals surface area contributed by atoms with E-state index in [9.17, 15) is 4.79 Å². The van der Waals surface area contributed by atoms with Gasteiger partial charge in [0.15, 0.2) is 0 Å². The number of benzene rings is 1. The van der Waals surface area contributed by atoms with E-state index in [2.05, 4.69) is 25.2 Å². The maximum absolute atomic E-state index is 12.0. The molecule has 4 heteroatoms. The Morgan fingerprint density at radius 3 is 2.75 bits per heavy atom. The van der Waals surface area contributed by atoms with Crippen molar-refractivity contribution in [2.75, 3.05) is 31.6 Å². The summed E-state index contributed by atoms with van der Waals surface area (Å²) in [5.41, 5.74) is 2.05. The van der Waals surface area contributed by atoms with Gasteiger partial charge in [0, 0.05) is 12.2 Å². The molecule has 20 heavy (non-hydrogen) atoms. The number of unbranched alkanes of at least 4 members (excludes halogenated alkanes) is 1. The van der Waals surface area contributed by atoms with E-state index in [1.54, 1.807) is 0 Å². The van der Waals surface area contributed by atoms with Crippen LogP contribution in [0.25, 0.3) is 0 Å². The first-order chi connectivity index (χ1) is 9.69. The Balaban J connectivity index is 2.51. The fourth-order valence-electron chi connectivity index (χ4n) is 2.07. The minimum absolute atomic E-state index is 0.0252. The van der Waals surface area contributed by atoms with Gasteiger partial charge in [0.2, 0.25) is 5.91 Å². The van der Waals surface area contributed by atoms with Crippen molar-refractivity contribution in [3.63, 3.8) is 0 Å². The van der Waals surface area contributed by atoms with E-state index in [1.165, 1.54) is 5.56 Å². The summed E-state index contributed by atoms with van der Waals surface area (Å²) >= 11 is 0. The van der Waals surface area contributed by atoms with E-state index in [1.807, 2.05) is 23.1 Å². The van der Waals surface area contributed by atoms with Crippen molar-refractivity contribution in [3.05, 3.63) is 29.8 Å². The zero-order chi connectivity index (χ0) is 14.8. The summed E-state index contributed by atoms with van der Waals surface area (Å²) < 4.78 is 0. The summed E-state index contributed by atoms with van der Waals surface area (Å²) in [5, 5.41) is 12.0. The molecule has 0 aliphatic rings. The zero-order valence-electron chi connectivity index (χ0n) is 12.6. The predicted molar refractivity (Wildman–Crippen MR) is 82.9 cm³/mol. The fourth-order valence-corrected chi connectivity index (χ4v) is 2.07. The van der Waals surface area contributed by atoms with E-state index in [-0.39, 0.29) is 12.5 Å². The quantitative estimate of drug-likeness (QED) is 0.728. The predicted octanol–water partition coefficient (Wildman–Crippen LogP) is 2.28. The molecule has 1 rings (SSSR count). The third-order valence-electron chi connectivity index (χ3n) is 3.23. The highest BCUT2D eigenvalue weighted by molar-refractivity contribution is 5.92. The van der Waals surface area contributed by atoms with Gasteiger partial charge in [0.25, 0.3) is 0 Å². The maximum atomic E-state index is 12.0. The SMILES string of the molecule is CCCCN(CCO)CC(=O)Nc1cccc(CC)c1. The number of hydrogen-bond acceptors (Lipinski definition) is 3. The summed E-state index contributed by atoms with van der Waals surface area (Å²) in [5.74, 6) is -0.0252. The lowest BCUT2D eigenvalue weighted by molar-refractivity contribution is -0.117. The van der Waals surface area contributed by atoms with Crippen LogP contribution in [0.5, 0.6) is 0 Å². The molecule has 0 heterocycles. The minimum atomic E-state index is -0.0252.